The molecule has 0 radical (unpaired) electrons. The second kappa shape index (κ2) is 10.1. The Bertz CT molecular complexity index is 767. The Morgan fingerprint density at radius 1 is 1.13 bits per heavy atom. The van der Waals surface area contributed by atoms with Crippen molar-refractivity contribution < 1.29 is 9.59 Å². The maximum atomic E-state index is 13.1. The summed E-state index contributed by atoms with van der Waals surface area (Å²) in [5, 5.41) is 6.24. The molecule has 0 aromatic heterocycles. The number of hydrogen-bond acceptors (Lipinski definition) is 4. The third-order valence-corrected chi connectivity index (χ3v) is 7.53. The van der Waals surface area contributed by atoms with Gasteiger partial charge in [-0.25, -0.2) is 0 Å². The molecular formula is C25H38N4O2. The van der Waals surface area contributed by atoms with E-state index < -0.39 is 0 Å². The first kappa shape index (κ1) is 22.3. The van der Waals surface area contributed by atoms with E-state index in [-0.39, 0.29) is 17.2 Å². The van der Waals surface area contributed by atoms with Crippen LogP contribution in [0.5, 0.6) is 0 Å². The van der Waals surface area contributed by atoms with Crippen molar-refractivity contribution in [2.75, 3.05) is 45.8 Å². The maximum absolute atomic E-state index is 13.1. The summed E-state index contributed by atoms with van der Waals surface area (Å²) < 4.78 is 0. The molecule has 3 heterocycles. The zero-order valence-corrected chi connectivity index (χ0v) is 19.0. The van der Waals surface area contributed by atoms with Crippen LogP contribution >= 0.6 is 0 Å². The number of piperidine rings is 2. The van der Waals surface area contributed by atoms with Gasteiger partial charge in [0.2, 0.25) is 11.8 Å². The molecule has 3 aliphatic rings. The Morgan fingerprint density at radius 3 is 2.55 bits per heavy atom. The van der Waals surface area contributed by atoms with Crippen molar-refractivity contribution in [2.45, 2.75) is 52.0 Å². The number of hydrogen-bond donors (Lipinski definition) is 2. The van der Waals surface area contributed by atoms with Gasteiger partial charge in [0.05, 0.1) is 0 Å². The van der Waals surface area contributed by atoms with Crippen molar-refractivity contribution in [3.05, 3.63) is 35.4 Å². The molecule has 2 amide bonds. The predicted molar refractivity (Wildman–Crippen MR) is 123 cm³/mol. The molecule has 6 heteroatoms. The number of amides is 2. The number of nitrogens with zero attached hydrogens (tertiary/aromatic N) is 2. The number of nitrogens with one attached hydrogen (secondary N) is 2. The third kappa shape index (κ3) is 5.86. The van der Waals surface area contributed by atoms with Gasteiger partial charge in [0.25, 0.3) is 0 Å². The lowest BCUT2D eigenvalue weighted by atomic mass is 9.73. The van der Waals surface area contributed by atoms with Crippen LogP contribution in [0.4, 0.5) is 0 Å². The fourth-order valence-corrected chi connectivity index (χ4v) is 5.66. The number of benzene rings is 1. The summed E-state index contributed by atoms with van der Waals surface area (Å²) in [5.41, 5.74) is 2.86. The molecule has 1 aromatic carbocycles. The van der Waals surface area contributed by atoms with E-state index in [0.29, 0.717) is 19.5 Å². The van der Waals surface area contributed by atoms with Crippen molar-refractivity contribution in [1.82, 2.24) is 20.4 Å². The highest BCUT2D eigenvalue weighted by molar-refractivity contribution is 5.78. The normalized spacial score (nSPS) is 22.0. The van der Waals surface area contributed by atoms with Crippen LogP contribution in [0.15, 0.2) is 24.3 Å². The van der Waals surface area contributed by atoms with Crippen molar-refractivity contribution in [3.8, 4) is 0 Å². The average Bonchev–Trinajstić information content (AvgIpc) is 2.93. The van der Waals surface area contributed by atoms with Gasteiger partial charge in [-0.3, -0.25) is 9.59 Å². The second-order valence-corrected chi connectivity index (χ2v) is 9.92. The lowest BCUT2D eigenvalue weighted by Gasteiger charge is -2.44. The summed E-state index contributed by atoms with van der Waals surface area (Å²) in [6.07, 6.45) is 6.35. The SMILES string of the molecule is CC(=O)NCCC(=O)N1Cc2ccccc2CC2(CCN(CC3CCNCC3)CC2)C1. The summed E-state index contributed by atoms with van der Waals surface area (Å²) in [7, 11) is 0. The van der Waals surface area contributed by atoms with Crippen molar-refractivity contribution in [3.63, 3.8) is 0 Å². The number of carbonyl (C=O) groups is 2. The van der Waals surface area contributed by atoms with Crippen LogP contribution in [-0.2, 0) is 22.6 Å². The molecule has 3 aliphatic heterocycles. The molecule has 0 unspecified atom stereocenters. The van der Waals surface area contributed by atoms with E-state index in [1.807, 2.05) is 0 Å². The predicted octanol–water partition coefficient (Wildman–Crippen LogP) is 2.18. The standard InChI is InChI=1S/C25H38N4O2/c1-20(30)27-13-8-24(31)29-18-23-5-3-2-4-22(23)16-25(19-29)9-14-28(15-10-25)17-21-6-11-26-12-7-21/h2-5,21,26H,6-19H2,1H3,(H,27,30). The highest BCUT2D eigenvalue weighted by atomic mass is 16.2. The first-order valence-corrected chi connectivity index (χ1v) is 12.1. The minimum atomic E-state index is -0.0772. The Hall–Kier alpha value is -1.92. The van der Waals surface area contributed by atoms with Gasteiger partial charge in [-0.05, 0) is 80.7 Å². The third-order valence-electron chi connectivity index (χ3n) is 7.53. The van der Waals surface area contributed by atoms with E-state index in [1.165, 1.54) is 37.4 Å². The Morgan fingerprint density at radius 2 is 1.84 bits per heavy atom. The van der Waals surface area contributed by atoms with Gasteiger partial charge in [0.15, 0.2) is 0 Å². The smallest absolute Gasteiger partial charge is 0.224 e. The van der Waals surface area contributed by atoms with Gasteiger partial charge in [-0.1, -0.05) is 24.3 Å². The number of fused-ring (bicyclic) bond motifs is 1. The quantitative estimate of drug-likeness (QED) is 0.758. The molecule has 2 N–H and O–H groups in total. The molecule has 4 rings (SSSR count). The first-order chi connectivity index (χ1) is 15.0. The summed E-state index contributed by atoms with van der Waals surface area (Å²) in [5.74, 6) is 0.908. The highest BCUT2D eigenvalue weighted by Crippen LogP contribution is 2.40. The van der Waals surface area contributed by atoms with Gasteiger partial charge in [0.1, 0.15) is 0 Å². The first-order valence-electron chi connectivity index (χ1n) is 12.1. The van der Waals surface area contributed by atoms with Crippen molar-refractivity contribution in [2.24, 2.45) is 11.3 Å². The zero-order chi connectivity index (χ0) is 21.7. The van der Waals surface area contributed by atoms with E-state index in [2.05, 4.69) is 44.7 Å². The van der Waals surface area contributed by atoms with Crippen LogP contribution in [0.1, 0.15) is 50.2 Å². The Balaban J connectivity index is 1.42. The molecule has 0 atom stereocenters. The monoisotopic (exact) mass is 426 g/mol. The van der Waals surface area contributed by atoms with Crippen LogP contribution in [-0.4, -0.2) is 67.4 Å². The van der Waals surface area contributed by atoms with E-state index in [4.69, 9.17) is 0 Å². The molecule has 0 bridgehead atoms. The van der Waals surface area contributed by atoms with E-state index in [1.54, 1.807) is 0 Å². The van der Waals surface area contributed by atoms with Gasteiger partial charge in [-0.2, -0.15) is 0 Å². The molecule has 170 valence electrons. The largest absolute Gasteiger partial charge is 0.356 e. The minimum Gasteiger partial charge on any atom is -0.356 e. The summed E-state index contributed by atoms with van der Waals surface area (Å²) in [4.78, 5) is 29.0. The zero-order valence-electron chi connectivity index (χ0n) is 19.0. The maximum Gasteiger partial charge on any atom is 0.224 e. The second-order valence-electron chi connectivity index (χ2n) is 9.92. The van der Waals surface area contributed by atoms with Crippen molar-refractivity contribution >= 4 is 11.8 Å². The van der Waals surface area contributed by atoms with Crippen LogP contribution in [0, 0.1) is 11.3 Å². The minimum absolute atomic E-state index is 0.0772. The summed E-state index contributed by atoms with van der Waals surface area (Å²) >= 11 is 0. The number of rotatable bonds is 5. The van der Waals surface area contributed by atoms with Gasteiger partial charge in [0, 0.05) is 39.5 Å². The van der Waals surface area contributed by atoms with Gasteiger partial charge < -0.3 is 20.4 Å². The fourth-order valence-electron chi connectivity index (χ4n) is 5.66. The molecular weight excluding hydrogens is 388 g/mol. The van der Waals surface area contributed by atoms with Crippen LogP contribution in [0.2, 0.25) is 0 Å². The van der Waals surface area contributed by atoms with Crippen LogP contribution in [0.25, 0.3) is 0 Å². The molecule has 0 saturated carbocycles. The molecule has 0 aliphatic carbocycles. The van der Waals surface area contributed by atoms with Crippen molar-refractivity contribution in [1.29, 1.82) is 0 Å². The Labute approximate surface area is 186 Å². The molecule has 1 aromatic rings. The molecule has 1 spiro atoms. The van der Waals surface area contributed by atoms with E-state index in [0.717, 1.165) is 57.9 Å². The lowest BCUT2D eigenvalue weighted by molar-refractivity contribution is -0.134. The summed E-state index contributed by atoms with van der Waals surface area (Å²) in [6.45, 7) is 9.28. The molecule has 6 nitrogen and oxygen atoms in total. The van der Waals surface area contributed by atoms with Crippen LogP contribution < -0.4 is 10.6 Å². The van der Waals surface area contributed by atoms with Gasteiger partial charge in [-0.15, -0.1) is 0 Å². The Kier molecular flexibility index (Phi) is 7.28. The number of carbonyl (C=O) groups excluding carboxylic acids is 2. The molecule has 2 saturated heterocycles. The van der Waals surface area contributed by atoms with Gasteiger partial charge >= 0.3 is 0 Å². The summed E-state index contributed by atoms with van der Waals surface area (Å²) in [6, 6.07) is 8.64. The lowest BCUT2D eigenvalue weighted by Crippen LogP contribution is -2.49. The van der Waals surface area contributed by atoms with Crippen LogP contribution in [0.3, 0.4) is 0 Å². The average molecular weight is 427 g/mol. The van der Waals surface area contributed by atoms with E-state index >= 15 is 0 Å². The fraction of sp³-hybridized carbons (Fsp3) is 0.680. The van der Waals surface area contributed by atoms with E-state index in [9.17, 15) is 9.59 Å². The molecule has 31 heavy (non-hydrogen) atoms. The number of likely N-dealkylation sites (tertiary alicyclic amines) is 1. The topological polar surface area (TPSA) is 64.7 Å². The molecule has 2 fully saturated rings. The highest BCUT2D eigenvalue weighted by Gasteiger charge is 2.40.